The van der Waals surface area contributed by atoms with E-state index in [2.05, 4.69) is 0 Å². The molecule has 2 fully saturated rings. The fourth-order valence-electron chi connectivity index (χ4n) is 6.43. The van der Waals surface area contributed by atoms with Crippen LogP contribution in [0.1, 0.15) is 60.8 Å². The molecule has 2 rings (SSSR count). The molecule has 0 saturated heterocycles. The van der Waals surface area contributed by atoms with Crippen LogP contribution in [0.2, 0.25) is 0 Å². The molecule has 0 aromatic rings. The minimum absolute atomic E-state index is 0.0504. The maximum Gasteiger partial charge on any atom is 0.167 e. The molecule has 0 spiro atoms. The number of allylic oxidation sites excluding steroid dienone is 1. The van der Waals surface area contributed by atoms with E-state index < -0.39 is 28.5 Å². The molecule has 0 amide bonds. The summed E-state index contributed by atoms with van der Waals surface area (Å²) >= 11 is 0. The molecule has 148 valence electrons. The number of aliphatic hydroxyl groups is 3. The first-order valence-corrected chi connectivity index (χ1v) is 9.68. The summed E-state index contributed by atoms with van der Waals surface area (Å²) in [4.78, 5) is 26.4. The van der Waals surface area contributed by atoms with Crippen molar-refractivity contribution in [3.05, 3.63) is 12.3 Å². The van der Waals surface area contributed by atoms with Crippen LogP contribution in [0, 0.1) is 35.0 Å². The van der Waals surface area contributed by atoms with Crippen LogP contribution in [0.5, 0.6) is 0 Å². The van der Waals surface area contributed by atoms with Crippen LogP contribution < -0.4 is 0 Å². The standard InChI is InChI=1S/C21H34O5/c1-7-12(2)17-20(5,15(23)8-9-22)16-13(3)10-19(4,25)11-14(16)18(24)21(17,6)26/h8-9,12-14,16-17,22,25-26H,7,10-11H2,1-6H3/b9-8-/t12-,13-,14+,16+,17-,19-,20-,21+/m1/s1. The van der Waals surface area contributed by atoms with Crippen molar-refractivity contribution in [2.24, 2.45) is 35.0 Å². The fourth-order valence-corrected chi connectivity index (χ4v) is 6.43. The highest BCUT2D eigenvalue weighted by Crippen LogP contribution is 2.61. The van der Waals surface area contributed by atoms with Crippen molar-refractivity contribution in [3.63, 3.8) is 0 Å². The first kappa shape index (κ1) is 21.1. The Morgan fingerprint density at radius 2 is 1.85 bits per heavy atom. The minimum atomic E-state index is -1.66. The Bertz CT molecular complexity index is 606. The lowest BCUT2D eigenvalue weighted by Crippen LogP contribution is -2.69. The number of ketones is 2. The van der Waals surface area contributed by atoms with Crippen molar-refractivity contribution in [1.82, 2.24) is 0 Å². The van der Waals surface area contributed by atoms with Crippen LogP contribution >= 0.6 is 0 Å². The molecule has 8 atom stereocenters. The normalized spacial score (nSPS) is 47.6. The number of aliphatic hydroxyl groups excluding tert-OH is 1. The van der Waals surface area contributed by atoms with E-state index in [9.17, 15) is 24.9 Å². The lowest BCUT2D eigenvalue weighted by molar-refractivity contribution is -0.203. The molecule has 0 radical (unpaired) electrons. The van der Waals surface area contributed by atoms with Gasteiger partial charge in [0.2, 0.25) is 0 Å². The van der Waals surface area contributed by atoms with Crippen LogP contribution in [-0.4, -0.2) is 38.1 Å². The van der Waals surface area contributed by atoms with E-state index in [0.29, 0.717) is 6.42 Å². The van der Waals surface area contributed by atoms with Gasteiger partial charge in [-0.25, -0.2) is 0 Å². The second kappa shape index (κ2) is 6.75. The van der Waals surface area contributed by atoms with Crippen molar-refractivity contribution >= 4 is 11.6 Å². The predicted octanol–water partition coefficient (Wildman–Crippen LogP) is 3.04. The highest BCUT2D eigenvalue weighted by Gasteiger charge is 2.67. The van der Waals surface area contributed by atoms with Crippen LogP contribution in [0.25, 0.3) is 0 Å². The second-order valence-electron chi connectivity index (χ2n) is 9.35. The van der Waals surface area contributed by atoms with Gasteiger partial charge >= 0.3 is 0 Å². The molecule has 26 heavy (non-hydrogen) atoms. The summed E-state index contributed by atoms with van der Waals surface area (Å²) in [6.07, 6.45) is 3.37. The summed E-state index contributed by atoms with van der Waals surface area (Å²) in [5.74, 6) is -2.05. The maximum absolute atomic E-state index is 13.3. The molecule has 0 unspecified atom stereocenters. The van der Waals surface area contributed by atoms with Gasteiger partial charge in [0.15, 0.2) is 11.6 Å². The topological polar surface area (TPSA) is 94.8 Å². The summed E-state index contributed by atoms with van der Waals surface area (Å²) in [6.45, 7) is 11.0. The maximum atomic E-state index is 13.3. The van der Waals surface area contributed by atoms with Gasteiger partial charge in [-0.05, 0) is 44.4 Å². The number of carbonyl (C=O) groups is 2. The molecule has 2 aliphatic rings. The van der Waals surface area contributed by atoms with E-state index in [1.165, 1.54) is 6.92 Å². The average molecular weight is 366 g/mol. The Balaban J connectivity index is 2.71. The van der Waals surface area contributed by atoms with E-state index in [1.54, 1.807) is 6.92 Å². The molecule has 2 aliphatic carbocycles. The smallest absolute Gasteiger partial charge is 0.167 e. The molecule has 5 nitrogen and oxygen atoms in total. The highest BCUT2D eigenvalue weighted by atomic mass is 16.3. The molecule has 2 saturated carbocycles. The Morgan fingerprint density at radius 1 is 1.27 bits per heavy atom. The van der Waals surface area contributed by atoms with Crippen molar-refractivity contribution in [2.75, 3.05) is 0 Å². The van der Waals surface area contributed by atoms with Gasteiger partial charge in [0.1, 0.15) is 5.60 Å². The van der Waals surface area contributed by atoms with Crippen LogP contribution in [0.3, 0.4) is 0 Å². The van der Waals surface area contributed by atoms with Crippen LogP contribution in [0.4, 0.5) is 0 Å². The third kappa shape index (κ3) is 3.03. The Kier molecular flexibility index (Phi) is 5.48. The zero-order chi connectivity index (χ0) is 20.1. The minimum Gasteiger partial charge on any atom is -0.515 e. The molecule has 0 aromatic heterocycles. The average Bonchev–Trinajstić information content (AvgIpc) is 2.50. The van der Waals surface area contributed by atoms with E-state index in [1.807, 2.05) is 27.7 Å². The summed E-state index contributed by atoms with van der Waals surface area (Å²) in [5.41, 5.74) is -3.64. The number of carbonyl (C=O) groups excluding carboxylic acids is 2. The van der Waals surface area contributed by atoms with Gasteiger partial charge in [0, 0.05) is 23.3 Å². The third-order valence-corrected chi connectivity index (χ3v) is 7.22. The quantitative estimate of drug-likeness (QED) is 0.525. The van der Waals surface area contributed by atoms with Crippen molar-refractivity contribution in [2.45, 2.75) is 72.0 Å². The Labute approximate surface area is 156 Å². The molecule has 5 heteroatoms. The summed E-state index contributed by atoms with van der Waals surface area (Å²) in [6, 6.07) is 0. The zero-order valence-corrected chi connectivity index (χ0v) is 16.8. The van der Waals surface area contributed by atoms with Gasteiger partial charge in [-0.3, -0.25) is 9.59 Å². The summed E-state index contributed by atoms with van der Waals surface area (Å²) in [5, 5.41) is 31.1. The first-order valence-electron chi connectivity index (χ1n) is 9.68. The monoisotopic (exact) mass is 366 g/mol. The van der Waals surface area contributed by atoms with Gasteiger partial charge in [0.05, 0.1) is 11.9 Å². The Morgan fingerprint density at radius 3 is 2.35 bits per heavy atom. The third-order valence-electron chi connectivity index (χ3n) is 7.22. The van der Waals surface area contributed by atoms with Crippen LogP contribution in [0.15, 0.2) is 12.3 Å². The fraction of sp³-hybridized carbons (Fsp3) is 0.810. The largest absolute Gasteiger partial charge is 0.515 e. The molecule has 0 aromatic carbocycles. The van der Waals surface area contributed by atoms with Crippen molar-refractivity contribution in [1.29, 1.82) is 0 Å². The lowest BCUT2D eigenvalue weighted by Gasteiger charge is -2.61. The highest BCUT2D eigenvalue weighted by molar-refractivity contribution is 6.00. The number of fused-ring (bicyclic) bond motifs is 1. The van der Waals surface area contributed by atoms with Crippen molar-refractivity contribution in [3.8, 4) is 0 Å². The van der Waals surface area contributed by atoms with Gasteiger partial charge in [-0.2, -0.15) is 0 Å². The number of Topliss-reactive ketones (excluding diaryl/α,β-unsaturated/α-hetero) is 1. The van der Waals surface area contributed by atoms with E-state index in [-0.39, 0.29) is 35.7 Å². The van der Waals surface area contributed by atoms with Gasteiger partial charge in [-0.15, -0.1) is 0 Å². The molecule has 0 bridgehead atoms. The van der Waals surface area contributed by atoms with Crippen molar-refractivity contribution < 1.29 is 24.9 Å². The number of hydrogen-bond acceptors (Lipinski definition) is 5. The van der Waals surface area contributed by atoms with E-state index in [4.69, 9.17) is 0 Å². The predicted molar refractivity (Wildman–Crippen MR) is 99.5 cm³/mol. The molecular formula is C21H34O5. The lowest BCUT2D eigenvalue weighted by atomic mass is 9.42. The molecule has 0 aliphatic heterocycles. The molecule has 0 heterocycles. The number of hydrogen-bond donors (Lipinski definition) is 3. The van der Waals surface area contributed by atoms with Gasteiger partial charge in [0.25, 0.3) is 0 Å². The summed E-state index contributed by atoms with van der Waals surface area (Å²) < 4.78 is 0. The summed E-state index contributed by atoms with van der Waals surface area (Å²) in [7, 11) is 0. The zero-order valence-electron chi connectivity index (χ0n) is 16.8. The van der Waals surface area contributed by atoms with E-state index in [0.717, 1.165) is 18.8 Å². The molecule has 3 N–H and O–H groups in total. The first-order chi connectivity index (χ1) is 11.8. The van der Waals surface area contributed by atoms with Crippen LogP contribution in [-0.2, 0) is 9.59 Å². The van der Waals surface area contributed by atoms with Gasteiger partial charge in [-0.1, -0.05) is 34.1 Å². The van der Waals surface area contributed by atoms with E-state index >= 15 is 0 Å². The van der Waals surface area contributed by atoms with Gasteiger partial charge < -0.3 is 15.3 Å². The second-order valence-corrected chi connectivity index (χ2v) is 9.35. The number of rotatable bonds is 4. The molecular weight excluding hydrogens is 332 g/mol. The Hall–Kier alpha value is -1.20. The SMILES string of the molecule is CC[C@@H](C)[C@@H]1[C@](C)(C(=O)/C=C\O)[C@H]2[C@H](C)C[C@@](C)(O)C[C@@H]2C(=O)[C@@]1(C)O.